The minimum absolute atomic E-state index is 0.175. The molecule has 546 valence electrons. The number of likely N-dealkylation sites (N-methyl/N-ethyl adjacent to an activating group) is 1. The fourth-order valence-corrected chi connectivity index (χ4v) is 10.0. The Balaban J connectivity index is 4.16. The lowest BCUT2D eigenvalue weighted by Gasteiger charge is -2.25. The van der Waals surface area contributed by atoms with E-state index in [0.717, 1.165) is 161 Å². The second-order valence-electron chi connectivity index (χ2n) is 26.2. The van der Waals surface area contributed by atoms with E-state index in [1.165, 1.54) is 89.9 Å². The van der Waals surface area contributed by atoms with Crippen LogP contribution in [0.25, 0.3) is 0 Å². The molecule has 0 heterocycles. The molecule has 0 aromatic heterocycles. The SMILES string of the molecule is CC/C=C\C/C=C\C/C=C\C/C=C\C/C=C\C/C=C\C/C=C\C/C=C\C/C=C\C/C=C\CCCCCCCCC(=O)OC(COC(=O)CCCCCCCCCCCCCCCCCC/C=C\C/C=C\C/C=C\C/C=C\C/C=C\C/C=C\CC)COC(OCC[N+](C)(C)C)C(=O)O. The van der Waals surface area contributed by atoms with Crippen molar-refractivity contribution in [2.45, 2.75) is 296 Å². The summed E-state index contributed by atoms with van der Waals surface area (Å²) < 4.78 is 23.0. The van der Waals surface area contributed by atoms with Gasteiger partial charge in [0.2, 0.25) is 0 Å². The van der Waals surface area contributed by atoms with Gasteiger partial charge in [-0.1, -0.05) is 324 Å². The van der Waals surface area contributed by atoms with Crippen molar-refractivity contribution in [3.8, 4) is 0 Å². The van der Waals surface area contributed by atoms with Gasteiger partial charge in [0.1, 0.15) is 13.2 Å². The molecule has 0 aromatic carbocycles. The van der Waals surface area contributed by atoms with Crippen molar-refractivity contribution in [3.63, 3.8) is 0 Å². The summed E-state index contributed by atoms with van der Waals surface area (Å²) in [5.74, 6) is -2.04. The summed E-state index contributed by atoms with van der Waals surface area (Å²) in [6.07, 6.45) is 114. The molecular formula is C88H142NO8+. The van der Waals surface area contributed by atoms with Crippen LogP contribution >= 0.6 is 0 Å². The molecule has 0 fully saturated rings. The maximum Gasteiger partial charge on any atom is 0.361 e. The lowest BCUT2D eigenvalue weighted by Crippen LogP contribution is -2.40. The van der Waals surface area contributed by atoms with Gasteiger partial charge in [0.05, 0.1) is 34.4 Å². The average molecular weight is 1340 g/mol. The van der Waals surface area contributed by atoms with Gasteiger partial charge in [-0.15, -0.1) is 0 Å². The van der Waals surface area contributed by atoms with Crippen LogP contribution in [0.4, 0.5) is 0 Å². The highest BCUT2D eigenvalue weighted by Crippen LogP contribution is 2.17. The molecule has 2 atom stereocenters. The van der Waals surface area contributed by atoms with Crippen LogP contribution in [0.3, 0.4) is 0 Å². The lowest BCUT2D eigenvalue weighted by molar-refractivity contribution is -0.870. The Morgan fingerprint density at radius 2 is 0.557 bits per heavy atom. The first kappa shape index (κ1) is 91.1. The molecule has 1 N–H and O–H groups in total. The monoisotopic (exact) mass is 1340 g/mol. The maximum absolute atomic E-state index is 13.0. The minimum Gasteiger partial charge on any atom is -0.477 e. The summed E-state index contributed by atoms with van der Waals surface area (Å²) in [4.78, 5) is 37.7. The van der Waals surface area contributed by atoms with E-state index in [9.17, 15) is 19.5 Å². The Hall–Kier alpha value is -5.87. The minimum atomic E-state index is -1.53. The lowest BCUT2D eigenvalue weighted by atomic mass is 10.0. The predicted molar refractivity (Wildman–Crippen MR) is 419 cm³/mol. The number of hydrogen-bond acceptors (Lipinski definition) is 7. The number of ether oxygens (including phenoxy) is 4. The molecule has 0 amide bonds. The largest absolute Gasteiger partial charge is 0.477 e. The topological polar surface area (TPSA) is 108 Å². The molecule has 0 aliphatic rings. The van der Waals surface area contributed by atoms with E-state index < -0.39 is 24.3 Å². The van der Waals surface area contributed by atoms with Crippen molar-refractivity contribution < 1.29 is 42.9 Å². The van der Waals surface area contributed by atoms with Crippen molar-refractivity contribution >= 4 is 17.9 Å². The van der Waals surface area contributed by atoms with Crippen molar-refractivity contribution in [2.24, 2.45) is 0 Å². The molecule has 97 heavy (non-hydrogen) atoms. The van der Waals surface area contributed by atoms with Crippen molar-refractivity contribution in [3.05, 3.63) is 194 Å². The second-order valence-corrected chi connectivity index (χ2v) is 26.2. The normalized spacial score (nSPS) is 13.8. The molecule has 0 saturated heterocycles. The van der Waals surface area contributed by atoms with E-state index in [1.54, 1.807) is 0 Å². The summed E-state index contributed by atoms with van der Waals surface area (Å²) >= 11 is 0. The van der Waals surface area contributed by atoms with Crippen molar-refractivity contribution in [2.75, 3.05) is 47.5 Å². The van der Waals surface area contributed by atoms with Crippen LogP contribution in [0.15, 0.2) is 194 Å². The van der Waals surface area contributed by atoms with E-state index in [2.05, 4.69) is 208 Å². The van der Waals surface area contributed by atoms with Gasteiger partial charge in [0, 0.05) is 12.8 Å². The van der Waals surface area contributed by atoms with Crippen LogP contribution in [0.1, 0.15) is 284 Å². The predicted octanol–water partition coefficient (Wildman–Crippen LogP) is 24.9. The first-order valence-corrected chi connectivity index (χ1v) is 38.6. The smallest absolute Gasteiger partial charge is 0.361 e. The van der Waals surface area contributed by atoms with E-state index in [4.69, 9.17) is 18.9 Å². The van der Waals surface area contributed by atoms with Gasteiger partial charge >= 0.3 is 17.9 Å². The number of quaternary nitrogens is 1. The standard InChI is InChI=1S/C88H141NO8/c1-6-8-10-12-14-16-18-20-22-24-26-28-30-32-34-36-38-40-42-43-45-47-49-51-53-55-57-59-61-63-65-67-69-71-73-75-77-79-86(91)97-84(83-96-88(87(92)93)94-81-80-89(3,4)5)82-95-85(90)78-76-74-72-70-68-66-64-62-60-58-56-54-52-50-48-46-44-41-39-37-35-33-31-29-27-25-23-21-19-17-15-13-11-9-7-2/h8-11,14-17,20-23,26-29,32-35,38-41,43,45,49,51,55,57,61,63,84,88H,6-7,12-13,18-19,24-25,30-31,36-37,42,44,46-48,50,52-54,56,58-60,62,64-83H2,1-5H3/p+1/b10-8-,11-9-,16-14-,17-15-,22-20-,23-21-,28-26-,29-27-,34-32-,35-33-,40-38-,41-39-,45-43-,51-49-,57-55-,63-61-. The molecule has 0 aliphatic heterocycles. The molecule has 9 nitrogen and oxygen atoms in total. The number of unbranched alkanes of at least 4 members (excludes halogenated alkanes) is 22. The summed E-state index contributed by atoms with van der Waals surface area (Å²) in [5.41, 5.74) is 0. The average Bonchev–Trinajstić information content (AvgIpc) is 3.11. The third kappa shape index (κ3) is 77.4. The van der Waals surface area contributed by atoms with Crippen molar-refractivity contribution in [1.82, 2.24) is 0 Å². The molecule has 0 saturated carbocycles. The number of carboxylic acids is 1. The molecule has 0 radical (unpaired) electrons. The van der Waals surface area contributed by atoms with Gasteiger partial charge in [-0.2, -0.15) is 0 Å². The van der Waals surface area contributed by atoms with Crippen LogP contribution < -0.4 is 0 Å². The quantitative estimate of drug-likeness (QED) is 0.0211. The molecular weight excluding hydrogens is 1200 g/mol. The Bertz CT molecular complexity index is 2310. The summed E-state index contributed by atoms with van der Waals surface area (Å²) in [6.45, 7) is 4.62. The Labute approximate surface area is 595 Å². The van der Waals surface area contributed by atoms with Gasteiger partial charge in [0.25, 0.3) is 6.29 Å². The zero-order chi connectivity index (χ0) is 70.4. The Morgan fingerprint density at radius 3 is 0.825 bits per heavy atom. The van der Waals surface area contributed by atoms with Crippen LogP contribution in [-0.2, 0) is 33.3 Å². The molecule has 0 spiro atoms. The Morgan fingerprint density at radius 1 is 0.309 bits per heavy atom. The highest BCUT2D eigenvalue weighted by Gasteiger charge is 2.25. The molecule has 0 aromatic rings. The maximum atomic E-state index is 13.0. The van der Waals surface area contributed by atoms with Crippen LogP contribution in [0.2, 0.25) is 0 Å². The first-order valence-electron chi connectivity index (χ1n) is 38.6. The number of carbonyl (C=O) groups is 3. The molecule has 0 bridgehead atoms. The highest BCUT2D eigenvalue weighted by atomic mass is 16.7. The summed E-state index contributed by atoms with van der Waals surface area (Å²) in [6, 6.07) is 0. The highest BCUT2D eigenvalue weighted by molar-refractivity contribution is 5.71. The number of carboxylic acid groups (broad SMARTS) is 1. The van der Waals surface area contributed by atoms with Gasteiger partial charge < -0.3 is 28.5 Å². The third-order valence-corrected chi connectivity index (χ3v) is 15.8. The number of allylic oxidation sites excluding steroid dienone is 32. The number of rotatable bonds is 69. The summed E-state index contributed by atoms with van der Waals surface area (Å²) in [7, 11) is 5.97. The first-order chi connectivity index (χ1) is 47.6. The Kier molecular flexibility index (Phi) is 71.3. The van der Waals surface area contributed by atoms with Crippen LogP contribution in [0, 0.1) is 0 Å². The number of aliphatic carboxylic acids is 1. The zero-order valence-corrected chi connectivity index (χ0v) is 62.4. The van der Waals surface area contributed by atoms with E-state index >= 15 is 0 Å². The second kappa shape index (κ2) is 75.9. The van der Waals surface area contributed by atoms with Gasteiger partial charge in [-0.05, 0) is 141 Å². The number of hydrogen-bond donors (Lipinski definition) is 1. The number of nitrogens with zero attached hydrogens (tertiary/aromatic N) is 1. The fourth-order valence-electron chi connectivity index (χ4n) is 10.0. The molecule has 2 unspecified atom stereocenters. The van der Waals surface area contributed by atoms with Gasteiger partial charge in [-0.3, -0.25) is 9.59 Å². The van der Waals surface area contributed by atoms with Crippen molar-refractivity contribution in [1.29, 1.82) is 0 Å². The summed E-state index contributed by atoms with van der Waals surface area (Å²) in [5, 5.41) is 9.77. The number of carbonyl (C=O) groups excluding carboxylic acids is 2. The molecule has 0 aliphatic carbocycles. The third-order valence-electron chi connectivity index (χ3n) is 15.8. The zero-order valence-electron chi connectivity index (χ0n) is 62.4. The van der Waals surface area contributed by atoms with Gasteiger partial charge in [0.15, 0.2) is 6.10 Å². The molecule has 0 rings (SSSR count). The molecule has 9 heteroatoms. The van der Waals surface area contributed by atoms with Crippen LogP contribution in [-0.4, -0.2) is 87.4 Å². The fraction of sp³-hybridized carbons (Fsp3) is 0.602. The van der Waals surface area contributed by atoms with E-state index in [0.29, 0.717) is 17.4 Å². The van der Waals surface area contributed by atoms with E-state index in [1.807, 2.05) is 21.1 Å². The van der Waals surface area contributed by atoms with Gasteiger partial charge in [-0.25, -0.2) is 4.79 Å². The van der Waals surface area contributed by atoms with Crippen LogP contribution in [0.5, 0.6) is 0 Å². The number of esters is 2. The van der Waals surface area contributed by atoms with E-state index in [-0.39, 0.29) is 38.6 Å².